The van der Waals surface area contributed by atoms with E-state index in [-0.39, 0.29) is 5.71 Å². The van der Waals surface area contributed by atoms with Gasteiger partial charge in [0.15, 0.2) is 11.5 Å². The SMILES string of the molecule is C=C(NOc1ccccc1C(=NOC)C(=O)OC)c1cccc(C)c1. The molecule has 0 heterocycles. The molecular weight excluding hydrogens is 320 g/mol. The summed E-state index contributed by atoms with van der Waals surface area (Å²) < 4.78 is 4.74. The van der Waals surface area contributed by atoms with Gasteiger partial charge in [-0.15, -0.1) is 0 Å². The van der Waals surface area contributed by atoms with Crippen LogP contribution in [-0.2, 0) is 14.4 Å². The number of carbonyl (C=O) groups excluding carboxylic acids is 1. The molecule has 0 atom stereocenters. The van der Waals surface area contributed by atoms with Gasteiger partial charge in [0.25, 0.3) is 0 Å². The molecule has 2 rings (SSSR count). The molecule has 0 aliphatic rings. The molecule has 0 unspecified atom stereocenters. The summed E-state index contributed by atoms with van der Waals surface area (Å²) in [5.41, 5.74) is 5.83. The largest absolute Gasteiger partial charge is 0.464 e. The monoisotopic (exact) mass is 340 g/mol. The van der Waals surface area contributed by atoms with Crippen LogP contribution < -0.4 is 10.3 Å². The van der Waals surface area contributed by atoms with Crippen molar-refractivity contribution in [3.05, 3.63) is 71.8 Å². The topological polar surface area (TPSA) is 69.1 Å². The first kappa shape index (κ1) is 18.1. The van der Waals surface area contributed by atoms with E-state index < -0.39 is 5.97 Å². The van der Waals surface area contributed by atoms with Gasteiger partial charge in [0.2, 0.25) is 0 Å². The number of para-hydroxylation sites is 1. The van der Waals surface area contributed by atoms with Crippen LogP contribution in [0.15, 0.2) is 60.3 Å². The summed E-state index contributed by atoms with van der Waals surface area (Å²) in [5, 5.41) is 3.73. The van der Waals surface area contributed by atoms with Gasteiger partial charge in [0.05, 0.1) is 18.4 Å². The van der Waals surface area contributed by atoms with Crippen LogP contribution in [0.1, 0.15) is 16.7 Å². The molecule has 0 saturated heterocycles. The molecule has 0 amide bonds. The van der Waals surface area contributed by atoms with Crippen LogP contribution in [0.25, 0.3) is 5.70 Å². The molecule has 2 aromatic carbocycles. The van der Waals surface area contributed by atoms with Gasteiger partial charge in [-0.3, -0.25) is 0 Å². The first-order valence-corrected chi connectivity index (χ1v) is 7.54. The first-order valence-electron chi connectivity index (χ1n) is 7.54. The highest BCUT2D eigenvalue weighted by Gasteiger charge is 2.20. The van der Waals surface area contributed by atoms with Gasteiger partial charge in [-0.05, 0) is 25.1 Å². The molecule has 130 valence electrons. The highest BCUT2D eigenvalue weighted by molar-refractivity contribution is 6.43. The number of hydroxylamine groups is 1. The van der Waals surface area contributed by atoms with E-state index in [0.717, 1.165) is 11.1 Å². The Bertz CT molecular complexity index is 800. The Labute approximate surface area is 146 Å². The molecule has 0 fully saturated rings. The number of carbonyl (C=O) groups is 1. The van der Waals surface area contributed by atoms with Gasteiger partial charge in [-0.1, -0.05) is 47.6 Å². The number of nitrogens with zero attached hydrogens (tertiary/aromatic N) is 1. The lowest BCUT2D eigenvalue weighted by Crippen LogP contribution is -2.22. The average Bonchev–Trinajstić information content (AvgIpc) is 2.64. The van der Waals surface area contributed by atoms with Crippen LogP contribution in [0, 0.1) is 6.92 Å². The standard InChI is InChI=1S/C19H20N2O4/c1-13-8-7-9-15(12-13)14(2)20-25-17-11-6-5-10-16(17)18(21-24-4)19(22)23-3/h5-12,20H,2H2,1,3-4H3. The summed E-state index contributed by atoms with van der Waals surface area (Å²) in [7, 11) is 2.62. The zero-order chi connectivity index (χ0) is 18.2. The van der Waals surface area contributed by atoms with Crippen molar-refractivity contribution in [3.63, 3.8) is 0 Å². The van der Waals surface area contributed by atoms with Crippen molar-refractivity contribution in [1.82, 2.24) is 5.48 Å². The van der Waals surface area contributed by atoms with Crippen LogP contribution in [0.2, 0.25) is 0 Å². The number of esters is 1. The normalized spacial score (nSPS) is 10.8. The summed E-state index contributed by atoms with van der Waals surface area (Å²) in [5.74, 6) is -0.243. The second-order valence-corrected chi connectivity index (χ2v) is 5.16. The average molecular weight is 340 g/mol. The highest BCUT2D eigenvalue weighted by atomic mass is 16.6. The zero-order valence-electron chi connectivity index (χ0n) is 14.4. The van der Waals surface area contributed by atoms with Crippen molar-refractivity contribution >= 4 is 17.4 Å². The number of methoxy groups -OCH3 is 1. The van der Waals surface area contributed by atoms with E-state index in [2.05, 4.69) is 17.2 Å². The molecule has 2 aromatic rings. The Morgan fingerprint density at radius 1 is 1.12 bits per heavy atom. The number of rotatable bonds is 7. The van der Waals surface area contributed by atoms with E-state index in [4.69, 9.17) is 14.4 Å². The third kappa shape index (κ3) is 4.60. The van der Waals surface area contributed by atoms with Crippen LogP contribution in [0.5, 0.6) is 5.75 Å². The minimum Gasteiger partial charge on any atom is -0.464 e. The van der Waals surface area contributed by atoms with Gasteiger partial charge >= 0.3 is 5.97 Å². The quantitative estimate of drug-likeness (QED) is 0.476. The second kappa shape index (κ2) is 8.54. The van der Waals surface area contributed by atoms with Crippen molar-refractivity contribution in [1.29, 1.82) is 0 Å². The van der Waals surface area contributed by atoms with Crippen LogP contribution in [-0.4, -0.2) is 25.9 Å². The van der Waals surface area contributed by atoms with E-state index in [1.807, 2.05) is 31.2 Å². The van der Waals surface area contributed by atoms with Gasteiger partial charge in [0, 0.05) is 5.56 Å². The number of hydrogen-bond acceptors (Lipinski definition) is 6. The summed E-state index contributed by atoms with van der Waals surface area (Å²) in [4.78, 5) is 22.3. The molecule has 6 heteroatoms. The van der Waals surface area contributed by atoms with Gasteiger partial charge in [0.1, 0.15) is 7.11 Å². The number of hydrogen-bond donors (Lipinski definition) is 1. The Kier molecular flexibility index (Phi) is 6.17. The molecular formula is C19H20N2O4. The Morgan fingerprint density at radius 3 is 2.56 bits per heavy atom. The van der Waals surface area contributed by atoms with E-state index in [9.17, 15) is 4.79 Å². The zero-order valence-corrected chi connectivity index (χ0v) is 14.4. The molecule has 0 aliphatic heterocycles. The molecule has 0 bridgehead atoms. The molecule has 0 aromatic heterocycles. The lowest BCUT2D eigenvalue weighted by molar-refractivity contribution is -0.132. The molecule has 6 nitrogen and oxygen atoms in total. The number of ether oxygens (including phenoxy) is 1. The fourth-order valence-corrected chi connectivity index (χ4v) is 2.14. The number of aryl methyl sites for hydroxylation is 1. The lowest BCUT2D eigenvalue weighted by atomic mass is 10.1. The number of benzene rings is 2. The summed E-state index contributed by atoms with van der Waals surface area (Å²) in [6, 6.07) is 14.7. The van der Waals surface area contributed by atoms with E-state index >= 15 is 0 Å². The van der Waals surface area contributed by atoms with E-state index in [1.165, 1.54) is 14.2 Å². The fourth-order valence-electron chi connectivity index (χ4n) is 2.14. The Hall–Kier alpha value is -3.28. The van der Waals surface area contributed by atoms with E-state index in [0.29, 0.717) is 17.0 Å². The maximum Gasteiger partial charge on any atom is 0.360 e. The molecule has 0 spiro atoms. The predicted octanol–water partition coefficient (Wildman–Crippen LogP) is 3.07. The van der Waals surface area contributed by atoms with Gasteiger partial charge in [-0.25, -0.2) is 10.3 Å². The number of nitrogens with one attached hydrogen (secondary N) is 1. The molecule has 0 aliphatic carbocycles. The minimum absolute atomic E-state index is 0.00330. The van der Waals surface area contributed by atoms with Crippen LogP contribution in [0.3, 0.4) is 0 Å². The number of oxime groups is 1. The summed E-state index contributed by atoms with van der Waals surface area (Å²) in [6.07, 6.45) is 0. The molecule has 0 radical (unpaired) electrons. The van der Waals surface area contributed by atoms with Crippen molar-refractivity contribution in [2.75, 3.05) is 14.2 Å². The molecule has 1 N–H and O–H groups in total. The van der Waals surface area contributed by atoms with Gasteiger partial charge < -0.3 is 14.4 Å². The summed E-state index contributed by atoms with van der Waals surface area (Å²) >= 11 is 0. The highest BCUT2D eigenvalue weighted by Crippen LogP contribution is 2.20. The molecule has 25 heavy (non-hydrogen) atoms. The maximum absolute atomic E-state index is 11.9. The first-order chi connectivity index (χ1) is 12.1. The summed E-state index contributed by atoms with van der Waals surface area (Å²) in [6.45, 7) is 5.96. The third-order valence-electron chi connectivity index (χ3n) is 3.35. The Balaban J connectivity index is 2.22. The van der Waals surface area contributed by atoms with Crippen molar-refractivity contribution in [2.45, 2.75) is 6.92 Å². The van der Waals surface area contributed by atoms with E-state index in [1.54, 1.807) is 24.3 Å². The van der Waals surface area contributed by atoms with Gasteiger partial charge in [-0.2, -0.15) is 0 Å². The predicted molar refractivity (Wildman–Crippen MR) is 96.0 cm³/mol. The second-order valence-electron chi connectivity index (χ2n) is 5.16. The lowest BCUT2D eigenvalue weighted by Gasteiger charge is -2.14. The van der Waals surface area contributed by atoms with Crippen LogP contribution in [0.4, 0.5) is 0 Å². The van der Waals surface area contributed by atoms with Crippen molar-refractivity contribution in [3.8, 4) is 5.75 Å². The van der Waals surface area contributed by atoms with Crippen molar-refractivity contribution in [2.24, 2.45) is 5.16 Å². The Morgan fingerprint density at radius 2 is 1.88 bits per heavy atom. The molecule has 0 saturated carbocycles. The third-order valence-corrected chi connectivity index (χ3v) is 3.35. The maximum atomic E-state index is 11.9. The smallest absolute Gasteiger partial charge is 0.360 e. The fraction of sp³-hybridized carbons (Fsp3) is 0.158. The minimum atomic E-state index is -0.629. The van der Waals surface area contributed by atoms with Crippen LogP contribution >= 0.6 is 0 Å². The van der Waals surface area contributed by atoms with Crippen molar-refractivity contribution < 1.29 is 19.2 Å².